The topological polar surface area (TPSA) is 87.6 Å². The van der Waals surface area contributed by atoms with Crippen LogP contribution < -0.4 is 10.1 Å². The number of carbonyl (C=O) groups is 1. The summed E-state index contributed by atoms with van der Waals surface area (Å²) in [7, 11) is -3.67. The molecular weight excluding hydrogens is 442 g/mol. The highest BCUT2D eigenvalue weighted by atomic mass is 79.9. The fourth-order valence-corrected chi connectivity index (χ4v) is 3.82. The minimum Gasteiger partial charge on any atom is -0.280 e. The van der Waals surface area contributed by atoms with Crippen LogP contribution in [0.2, 0.25) is 0 Å². The van der Waals surface area contributed by atoms with Gasteiger partial charge >= 0.3 is 0 Å². The molecule has 3 aromatic rings. The van der Waals surface area contributed by atoms with Gasteiger partial charge in [0.25, 0.3) is 15.9 Å². The minimum absolute atomic E-state index is 0.165. The Labute approximate surface area is 171 Å². The first-order valence-electron chi connectivity index (χ1n) is 8.21. The van der Waals surface area contributed by atoms with E-state index in [0.717, 1.165) is 10.0 Å². The molecule has 142 valence electrons. The summed E-state index contributed by atoms with van der Waals surface area (Å²) in [5.41, 5.74) is 3.99. The zero-order valence-corrected chi connectivity index (χ0v) is 16.9. The van der Waals surface area contributed by atoms with Gasteiger partial charge < -0.3 is 0 Å². The van der Waals surface area contributed by atoms with Gasteiger partial charge in [-0.05, 0) is 54.1 Å². The monoisotopic (exact) mass is 457 g/mol. The molecule has 0 atom stereocenters. The van der Waals surface area contributed by atoms with Crippen molar-refractivity contribution in [2.75, 3.05) is 4.72 Å². The summed E-state index contributed by atoms with van der Waals surface area (Å²) in [5, 5.41) is 3.92. The summed E-state index contributed by atoms with van der Waals surface area (Å²) >= 11 is 3.36. The van der Waals surface area contributed by atoms with Crippen LogP contribution in [0.4, 0.5) is 5.69 Å². The molecule has 0 aliphatic carbocycles. The van der Waals surface area contributed by atoms with Gasteiger partial charge in [-0.2, -0.15) is 5.10 Å². The molecule has 0 heterocycles. The standard InChI is InChI=1S/C20H16BrN3O3S/c21-17-6-4-5-15(13-17)14-22-23-20(25)16-9-11-18(12-10-16)24-28(26,27)19-7-2-1-3-8-19/h1-14,24H,(H,23,25). The van der Waals surface area contributed by atoms with Crippen molar-refractivity contribution >= 4 is 43.8 Å². The van der Waals surface area contributed by atoms with Gasteiger partial charge in [0.1, 0.15) is 0 Å². The summed E-state index contributed by atoms with van der Waals surface area (Å²) in [4.78, 5) is 12.3. The van der Waals surface area contributed by atoms with Crippen molar-refractivity contribution in [3.05, 3.63) is 94.5 Å². The molecule has 1 amide bonds. The Hall–Kier alpha value is -2.97. The Bertz CT molecular complexity index is 1100. The van der Waals surface area contributed by atoms with Crippen LogP contribution in [0.3, 0.4) is 0 Å². The number of amides is 1. The molecule has 6 nitrogen and oxygen atoms in total. The van der Waals surface area contributed by atoms with Crippen LogP contribution in [-0.2, 0) is 10.0 Å². The van der Waals surface area contributed by atoms with Crippen LogP contribution in [0.5, 0.6) is 0 Å². The maximum Gasteiger partial charge on any atom is 0.271 e. The zero-order chi connectivity index (χ0) is 20.0. The Morgan fingerprint density at radius 1 is 0.929 bits per heavy atom. The number of rotatable bonds is 6. The van der Waals surface area contributed by atoms with Crippen LogP contribution in [0.25, 0.3) is 0 Å². The number of anilines is 1. The third-order valence-electron chi connectivity index (χ3n) is 3.68. The summed E-state index contributed by atoms with van der Waals surface area (Å²) < 4.78 is 28.0. The van der Waals surface area contributed by atoms with E-state index in [1.165, 1.54) is 42.6 Å². The number of benzene rings is 3. The lowest BCUT2D eigenvalue weighted by molar-refractivity contribution is 0.0955. The Kier molecular flexibility index (Phi) is 6.23. The van der Waals surface area contributed by atoms with Gasteiger partial charge in [0, 0.05) is 15.7 Å². The van der Waals surface area contributed by atoms with Gasteiger partial charge in [0.15, 0.2) is 0 Å². The van der Waals surface area contributed by atoms with Gasteiger partial charge in [-0.25, -0.2) is 13.8 Å². The van der Waals surface area contributed by atoms with Gasteiger partial charge in [0.2, 0.25) is 0 Å². The van der Waals surface area contributed by atoms with Gasteiger partial charge in [0.05, 0.1) is 11.1 Å². The molecule has 0 saturated carbocycles. The van der Waals surface area contributed by atoms with Crippen LogP contribution in [0.15, 0.2) is 93.3 Å². The molecule has 3 rings (SSSR count). The Balaban J connectivity index is 1.63. The quantitative estimate of drug-likeness (QED) is 0.432. The van der Waals surface area contributed by atoms with Crippen molar-refractivity contribution in [3.8, 4) is 0 Å². The predicted octanol–water partition coefficient (Wildman–Crippen LogP) is 4.01. The fraction of sp³-hybridized carbons (Fsp3) is 0. The average molecular weight is 458 g/mol. The highest BCUT2D eigenvalue weighted by Gasteiger charge is 2.13. The Morgan fingerprint density at radius 3 is 2.32 bits per heavy atom. The van der Waals surface area contributed by atoms with Crippen LogP contribution in [0, 0.1) is 0 Å². The summed E-state index contributed by atoms with van der Waals surface area (Å²) in [5.74, 6) is -0.399. The first-order chi connectivity index (χ1) is 13.4. The average Bonchev–Trinajstić information content (AvgIpc) is 2.69. The molecule has 0 radical (unpaired) electrons. The van der Waals surface area contributed by atoms with Crippen molar-refractivity contribution in [1.29, 1.82) is 0 Å². The molecule has 8 heteroatoms. The molecule has 0 bridgehead atoms. The highest BCUT2D eigenvalue weighted by molar-refractivity contribution is 9.10. The Morgan fingerprint density at radius 2 is 1.64 bits per heavy atom. The second-order valence-electron chi connectivity index (χ2n) is 5.75. The fourth-order valence-electron chi connectivity index (χ4n) is 2.32. The molecular formula is C20H16BrN3O3S. The van der Waals surface area contributed by atoms with E-state index in [9.17, 15) is 13.2 Å². The van der Waals surface area contributed by atoms with E-state index < -0.39 is 15.9 Å². The smallest absolute Gasteiger partial charge is 0.271 e. The number of nitrogens with one attached hydrogen (secondary N) is 2. The van der Waals surface area contributed by atoms with E-state index >= 15 is 0 Å². The van der Waals surface area contributed by atoms with E-state index in [2.05, 4.69) is 31.2 Å². The van der Waals surface area contributed by atoms with E-state index in [-0.39, 0.29) is 4.90 Å². The van der Waals surface area contributed by atoms with Crippen molar-refractivity contribution in [3.63, 3.8) is 0 Å². The number of carbonyl (C=O) groups excluding carboxylic acids is 1. The normalized spacial score (nSPS) is 11.3. The number of hydrazone groups is 1. The largest absolute Gasteiger partial charge is 0.280 e. The third kappa shape index (κ3) is 5.28. The number of halogens is 1. The molecule has 2 N–H and O–H groups in total. The summed E-state index contributed by atoms with van der Waals surface area (Å²) in [6.07, 6.45) is 1.53. The summed E-state index contributed by atoms with van der Waals surface area (Å²) in [6.45, 7) is 0. The van der Waals surface area contributed by atoms with Gasteiger partial charge in [-0.15, -0.1) is 0 Å². The van der Waals surface area contributed by atoms with E-state index in [1.54, 1.807) is 18.2 Å². The number of hydrogen-bond acceptors (Lipinski definition) is 4. The highest BCUT2D eigenvalue weighted by Crippen LogP contribution is 2.16. The lowest BCUT2D eigenvalue weighted by Crippen LogP contribution is -2.18. The summed E-state index contributed by atoms with van der Waals surface area (Å²) in [6, 6.07) is 21.6. The molecule has 0 aliphatic rings. The van der Waals surface area contributed by atoms with Crippen molar-refractivity contribution < 1.29 is 13.2 Å². The van der Waals surface area contributed by atoms with E-state index in [0.29, 0.717) is 11.3 Å². The maximum absolute atomic E-state index is 12.3. The first kappa shape index (κ1) is 19.8. The van der Waals surface area contributed by atoms with E-state index in [4.69, 9.17) is 0 Å². The molecule has 0 spiro atoms. The molecule has 0 aromatic heterocycles. The van der Waals surface area contributed by atoms with Crippen molar-refractivity contribution in [2.45, 2.75) is 4.90 Å². The van der Waals surface area contributed by atoms with Crippen LogP contribution >= 0.6 is 15.9 Å². The maximum atomic E-state index is 12.3. The van der Waals surface area contributed by atoms with E-state index in [1.807, 2.05) is 24.3 Å². The third-order valence-corrected chi connectivity index (χ3v) is 5.57. The molecule has 0 unspecified atom stereocenters. The second kappa shape index (κ2) is 8.81. The minimum atomic E-state index is -3.67. The van der Waals surface area contributed by atoms with Gasteiger partial charge in [-0.1, -0.05) is 46.3 Å². The van der Waals surface area contributed by atoms with Gasteiger partial charge in [-0.3, -0.25) is 9.52 Å². The first-order valence-corrected chi connectivity index (χ1v) is 10.5. The lowest BCUT2D eigenvalue weighted by Gasteiger charge is -2.08. The predicted molar refractivity (Wildman–Crippen MR) is 113 cm³/mol. The number of hydrogen-bond donors (Lipinski definition) is 2. The molecule has 0 fully saturated rings. The van der Waals surface area contributed by atoms with Crippen molar-refractivity contribution in [1.82, 2.24) is 5.43 Å². The number of nitrogens with zero attached hydrogens (tertiary/aromatic N) is 1. The molecule has 0 aliphatic heterocycles. The SMILES string of the molecule is O=C(NN=Cc1cccc(Br)c1)c1ccc(NS(=O)(=O)c2ccccc2)cc1. The van der Waals surface area contributed by atoms with Crippen LogP contribution in [0.1, 0.15) is 15.9 Å². The second-order valence-corrected chi connectivity index (χ2v) is 8.35. The molecule has 3 aromatic carbocycles. The van der Waals surface area contributed by atoms with Crippen LogP contribution in [-0.4, -0.2) is 20.5 Å². The lowest BCUT2D eigenvalue weighted by atomic mass is 10.2. The number of sulfonamides is 1. The van der Waals surface area contributed by atoms with Crippen molar-refractivity contribution in [2.24, 2.45) is 5.10 Å². The molecule has 0 saturated heterocycles. The molecule has 28 heavy (non-hydrogen) atoms. The zero-order valence-electron chi connectivity index (χ0n) is 14.5.